The van der Waals surface area contributed by atoms with Crippen LogP contribution < -0.4 is 0 Å². The average Bonchev–Trinajstić information content (AvgIpc) is 3.42. The SMILES string of the molecule is C[C@@H](Sc1nnc(-c2ccco2)o1)/C(O)=C(\C#N)c1nc2ccccc2[nH]1. The van der Waals surface area contributed by atoms with Crippen LogP contribution in [0.15, 0.2) is 62.5 Å². The standard InChI is InChI=1S/C18H13N5O3S/c1-10(27-18-23-22-17(26-18)14-7-4-8-25-14)15(24)11(9-19)16-20-12-5-2-3-6-13(12)21-16/h2-8,10,24H,1H3,(H,20,21)/b15-11-/t10-/m1/s1. The second-order valence-corrected chi connectivity index (χ2v) is 6.88. The number of aliphatic hydroxyl groups excluding tert-OH is 1. The summed E-state index contributed by atoms with van der Waals surface area (Å²) in [5.41, 5.74) is 1.57. The molecule has 0 aliphatic rings. The van der Waals surface area contributed by atoms with E-state index >= 15 is 0 Å². The Kier molecular flexibility index (Phi) is 4.40. The number of fused-ring (bicyclic) bond motifs is 1. The highest BCUT2D eigenvalue weighted by atomic mass is 32.2. The van der Waals surface area contributed by atoms with Crippen LogP contribution in [-0.2, 0) is 0 Å². The molecule has 1 aromatic carbocycles. The van der Waals surface area contributed by atoms with E-state index in [0.29, 0.717) is 17.1 Å². The third kappa shape index (κ3) is 3.30. The van der Waals surface area contributed by atoms with Crippen molar-refractivity contribution >= 4 is 28.4 Å². The lowest BCUT2D eigenvalue weighted by molar-refractivity contribution is 0.399. The second-order valence-electron chi connectivity index (χ2n) is 5.59. The maximum Gasteiger partial charge on any atom is 0.284 e. The van der Waals surface area contributed by atoms with Crippen LogP contribution in [-0.4, -0.2) is 30.5 Å². The van der Waals surface area contributed by atoms with Crippen molar-refractivity contribution in [1.82, 2.24) is 20.2 Å². The molecule has 0 unspecified atom stereocenters. The molecule has 0 saturated heterocycles. The van der Waals surface area contributed by atoms with Gasteiger partial charge in [0.2, 0.25) is 0 Å². The Bertz CT molecular complexity index is 1120. The zero-order chi connectivity index (χ0) is 18.8. The monoisotopic (exact) mass is 379 g/mol. The molecule has 134 valence electrons. The van der Waals surface area contributed by atoms with Crippen molar-refractivity contribution < 1.29 is 13.9 Å². The number of benzene rings is 1. The van der Waals surface area contributed by atoms with Crippen LogP contribution in [0, 0.1) is 11.3 Å². The number of para-hydroxylation sites is 2. The van der Waals surface area contributed by atoms with Crippen LogP contribution in [0.1, 0.15) is 12.7 Å². The lowest BCUT2D eigenvalue weighted by Gasteiger charge is -2.08. The summed E-state index contributed by atoms with van der Waals surface area (Å²) in [7, 11) is 0. The average molecular weight is 379 g/mol. The first-order chi connectivity index (χ1) is 13.2. The van der Waals surface area contributed by atoms with Crippen molar-refractivity contribution in [3.05, 3.63) is 54.2 Å². The van der Waals surface area contributed by atoms with Gasteiger partial charge >= 0.3 is 0 Å². The van der Waals surface area contributed by atoms with Gasteiger partial charge in [-0.25, -0.2) is 4.98 Å². The van der Waals surface area contributed by atoms with E-state index in [1.54, 1.807) is 19.1 Å². The number of nitrogens with zero attached hydrogens (tertiary/aromatic N) is 4. The molecular formula is C18H13N5O3S. The molecule has 1 atom stereocenters. The van der Waals surface area contributed by atoms with Crippen molar-refractivity contribution in [1.29, 1.82) is 5.26 Å². The fourth-order valence-electron chi connectivity index (χ4n) is 2.47. The lowest BCUT2D eigenvalue weighted by Crippen LogP contribution is -2.04. The Balaban J connectivity index is 1.59. The van der Waals surface area contributed by atoms with Gasteiger partial charge in [0.15, 0.2) is 11.6 Å². The third-order valence-electron chi connectivity index (χ3n) is 3.80. The number of furan rings is 1. The van der Waals surface area contributed by atoms with Gasteiger partial charge in [-0.3, -0.25) is 0 Å². The number of aromatic nitrogens is 4. The van der Waals surface area contributed by atoms with Crippen LogP contribution in [0.2, 0.25) is 0 Å². The van der Waals surface area contributed by atoms with Crippen molar-refractivity contribution in [2.45, 2.75) is 17.4 Å². The molecule has 4 aromatic rings. The van der Waals surface area contributed by atoms with Gasteiger partial charge in [-0.1, -0.05) is 23.9 Å². The van der Waals surface area contributed by atoms with E-state index in [1.807, 2.05) is 30.3 Å². The Morgan fingerprint density at radius 2 is 2.11 bits per heavy atom. The molecule has 3 aromatic heterocycles. The van der Waals surface area contributed by atoms with Crippen LogP contribution in [0.4, 0.5) is 0 Å². The number of hydrogen-bond donors (Lipinski definition) is 2. The first kappa shape index (κ1) is 16.9. The first-order valence-corrected chi connectivity index (χ1v) is 8.86. The second kappa shape index (κ2) is 7.01. The number of hydrogen-bond acceptors (Lipinski definition) is 8. The number of aliphatic hydroxyl groups is 1. The molecule has 9 heteroatoms. The fraction of sp³-hybridized carbons (Fsp3) is 0.111. The minimum absolute atomic E-state index is 0.0666. The Labute approximate surface area is 157 Å². The summed E-state index contributed by atoms with van der Waals surface area (Å²) in [6.07, 6.45) is 1.51. The predicted octanol–water partition coefficient (Wildman–Crippen LogP) is 4.18. The van der Waals surface area contributed by atoms with E-state index in [9.17, 15) is 10.4 Å². The molecule has 4 rings (SSSR count). The minimum atomic E-state index is -0.502. The maximum absolute atomic E-state index is 10.6. The summed E-state index contributed by atoms with van der Waals surface area (Å²) >= 11 is 1.13. The summed E-state index contributed by atoms with van der Waals surface area (Å²) in [4.78, 5) is 7.41. The van der Waals surface area contributed by atoms with Gasteiger partial charge < -0.3 is 18.9 Å². The first-order valence-electron chi connectivity index (χ1n) is 7.98. The lowest BCUT2D eigenvalue weighted by atomic mass is 10.2. The smallest absolute Gasteiger partial charge is 0.284 e. The summed E-state index contributed by atoms with van der Waals surface area (Å²) in [5.74, 6) is 0.891. The molecule has 3 heterocycles. The number of nitriles is 1. The largest absolute Gasteiger partial charge is 0.510 e. The summed E-state index contributed by atoms with van der Waals surface area (Å²) in [6, 6.07) is 12.8. The molecule has 0 amide bonds. The number of thioether (sulfide) groups is 1. The van der Waals surface area contributed by atoms with E-state index in [-0.39, 0.29) is 22.4 Å². The quantitative estimate of drug-likeness (QED) is 0.300. The Morgan fingerprint density at radius 3 is 2.85 bits per heavy atom. The number of nitrogens with one attached hydrogen (secondary N) is 1. The third-order valence-corrected chi connectivity index (χ3v) is 4.74. The highest BCUT2D eigenvalue weighted by Gasteiger charge is 2.22. The molecule has 0 saturated carbocycles. The fourth-order valence-corrected chi connectivity index (χ4v) is 3.22. The summed E-state index contributed by atoms with van der Waals surface area (Å²) in [6.45, 7) is 1.73. The minimum Gasteiger partial charge on any atom is -0.510 e. The highest BCUT2D eigenvalue weighted by molar-refractivity contribution is 7.99. The van der Waals surface area contributed by atoms with Gasteiger partial charge in [0, 0.05) is 0 Å². The molecule has 0 spiro atoms. The van der Waals surface area contributed by atoms with Gasteiger partial charge in [-0.05, 0) is 31.2 Å². The van der Waals surface area contributed by atoms with Crippen LogP contribution in [0.3, 0.4) is 0 Å². The zero-order valence-corrected chi connectivity index (χ0v) is 14.9. The van der Waals surface area contributed by atoms with Gasteiger partial charge in [0.1, 0.15) is 17.4 Å². The molecule has 8 nitrogen and oxygen atoms in total. The van der Waals surface area contributed by atoms with Gasteiger partial charge in [-0.2, -0.15) is 5.26 Å². The topological polar surface area (TPSA) is 125 Å². The van der Waals surface area contributed by atoms with Crippen LogP contribution in [0.25, 0.3) is 28.3 Å². The molecule has 0 fully saturated rings. The van der Waals surface area contributed by atoms with E-state index in [4.69, 9.17) is 8.83 Å². The van der Waals surface area contributed by atoms with E-state index in [1.165, 1.54) is 6.26 Å². The summed E-state index contributed by atoms with van der Waals surface area (Å²) in [5, 5.41) is 27.7. The number of rotatable bonds is 5. The number of imidazole rings is 1. The van der Waals surface area contributed by atoms with Crippen molar-refractivity contribution in [3.63, 3.8) is 0 Å². The van der Waals surface area contributed by atoms with Crippen molar-refractivity contribution in [3.8, 4) is 17.7 Å². The molecule has 0 radical (unpaired) electrons. The molecular weight excluding hydrogens is 366 g/mol. The Hall–Kier alpha value is -3.51. The number of allylic oxidation sites excluding steroid dienone is 1. The molecule has 2 N–H and O–H groups in total. The molecule has 0 aliphatic carbocycles. The zero-order valence-electron chi connectivity index (χ0n) is 14.1. The molecule has 0 bridgehead atoms. The van der Waals surface area contributed by atoms with Gasteiger partial charge in [0.05, 0.1) is 22.5 Å². The van der Waals surface area contributed by atoms with Crippen molar-refractivity contribution in [2.24, 2.45) is 0 Å². The summed E-state index contributed by atoms with van der Waals surface area (Å²) < 4.78 is 10.7. The maximum atomic E-state index is 10.6. The van der Waals surface area contributed by atoms with E-state index < -0.39 is 5.25 Å². The van der Waals surface area contributed by atoms with Gasteiger partial charge in [-0.15, -0.1) is 10.2 Å². The molecule has 27 heavy (non-hydrogen) atoms. The normalized spacial score (nSPS) is 13.3. The number of H-pyrrole nitrogens is 1. The Morgan fingerprint density at radius 1 is 1.26 bits per heavy atom. The van der Waals surface area contributed by atoms with Crippen LogP contribution >= 0.6 is 11.8 Å². The van der Waals surface area contributed by atoms with Gasteiger partial charge in [0.25, 0.3) is 11.1 Å². The van der Waals surface area contributed by atoms with E-state index in [2.05, 4.69) is 20.2 Å². The highest BCUT2D eigenvalue weighted by Crippen LogP contribution is 2.31. The number of aromatic amines is 1. The van der Waals surface area contributed by atoms with E-state index in [0.717, 1.165) is 17.3 Å². The van der Waals surface area contributed by atoms with Crippen molar-refractivity contribution in [2.75, 3.05) is 0 Å². The molecule has 0 aliphatic heterocycles. The van der Waals surface area contributed by atoms with Crippen LogP contribution in [0.5, 0.6) is 0 Å². The predicted molar refractivity (Wildman–Crippen MR) is 98.6 cm³/mol.